The first kappa shape index (κ1) is 25.5. The van der Waals surface area contributed by atoms with Crippen molar-refractivity contribution in [3.05, 3.63) is 55.1 Å². The van der Waals surface area contributed by atoms with Crippen LogP contribution < -0.4 is 16.2 Å². The lowest BCUT2D eigenvalue weighted by Gasteiger charge is -2.36. The molecule has 0 bridgehead atoms. The summed E-state index contributed by atoms with van der Waals surface area (Å²) < 4.78 is 0. The fraction of sp³-hybridized carbons (Fsp3) is 0.520. The van der Waals surface area contributed by atoms with Gasteiger partial charge in [-0.1, -0.05) is 6.92 Å². The van der Waals surface area contributed by atoms with Crippen molar-refractivity contribution in [2.45, 2.75) is 52.4 Å². The van der Waals surface area contributed by atoms with Crippen LogP contribution in [0, 0.1) is 31.2 Å². The number of pyridine rings is 1. The Morgan fingerprint density at radius 1 is 1.35 bits per heavy atom. The average molecular weight is 483 g/mol. The molecule has 1 fully saturated rings. The zero-order valence-corrected chi connectivity index (χ0v) is 21.2. The van der Waals surface area contributed by atoms with Gasteiger partial charge in [0, 0.05) is 48.2 Å². The van der Waals surface area contributed by atoms with Crippen molar-refractivity contribution in [1.29, 1.82) is 5.26 Å². The number of carbonyl (C=O) groups excluding carboxylic acids is 1. The highest BCUT2D eigenvalue weighted by Crippen LogP contribution is 2.38. The van der Waals surface area contributed by atoms with Crippen LogP contribution in [0.1, 0.15) is 64.2 Å². The summed E-state index contributed by atoms with van der Waals surface area (Å²) >= 11 is 1.65. The van der Waals surface area contributed by atoms with Crippen molar-refractivity contribution < 1.29 is 4.79 Å². The van der Waals surface area contributed by atoms with Crippen molar-refractivity contribution in [1.82, 2.24) is 20.5 Å². The number of amides is 1. The van der Waals surface area contributed by atoms with Crippen LogP contribution >= 0.6 is 11.3 Å². The van der Waals surface area contributed by atoms with Crippen LogP contribution in [-0.2, 0) is 6.42 Å². The van der Waals surface area contributed by atoms with Crippen LogP contribution in [-0.4, -0.2) is 48.4 Å². The predicted molar refractivity (Wildman–Crippen MR) is 136 cm³/mol. The number of aliphatic imine (C=N–C) groups is 1. The minimum atomic E-state index is -0.0975. The molecule has 1 amide bonds. The third-order valence-corrected chi connectivity index (χ3v) is 7.69. The molecule has 8 nitrogen and oxygen atoms in total. The quantitative estimate of drug-likeness (QED) is 0.318. The summed E-state index contributed by atoms with van der Waals surface area (Å²) in [4.78, 5) is 35.0. The van der Waals surface area contributed by atoms with E-state index in [0.717, 1.165) is 49.2 Å². The van der Waals surface area contributed by atoms with Crippen LogP contribution in [0.5, 0.6) is 0 Å². The third-order valence-electron chi connectivity index (χ3n) is 6.63. The monoisotopic (exact) mass is 482 g/mol. The molecule has 1 aliphatic rings. The lowest BCUT2D eigenvalue weighted by atomic mass is 9.81. The standard InChI is InChI=1S/C25H34N6O2S/c1-5-20(18-7-10-31(11-8-18)25(27-4)29-15-26)22-13-19(14-34-22)23(32)28-9-6-21-16(2)12-17(3)30-24(21)33/h12-14,18,20H,5-11H2,1-4H3,(H,27,29)(H,28,32)(H,30,33). The van der Waals surface area contributed by atoms with Crippen molar-refractivity contribution in [2.75, 3.05) is 26.7 Å². The Hall–Kier alpha value is -3.12. The van der Waals surface area contributed by atoms with Crippen LogP contribution in [0.25, 0.3) is 0 Å². The normalized spacial score (nSPS) is 15.6. The molecule has 0 saturated carbocycles. The highest BCUT2D eigenvalue weighted by molar-refractivity contribution is 7.10. The van der Waals surface area contributed by atoms with Crippen LogP contribution in [0.2, 0.25) is 0 Å². The number of thiophene rings is 1. The number of nitrogens with one attached hydrogen (secondary N) is 3. The van der Waals surface area contributed by atoms with E-state index in [9.17, 15) is 9.59 Å². The van der Waals surface area contributed by atoms with Crippen molar-refractivity contribution in [2.24, 2.45) is 10.9 Å². The van der Waals surface area contributed by atoms with Gasteiger partial charge in [0.15, 0.2) is 0 Å². The van der Waals surface area contributed by atoms with Crippen molar-refractivity contribution >= 4 is 23.2 Å². The fourth-order valence-corrected chi connectivity index (χ4v) is 6.04. The van der Waals surface area contributed by atoms with Crippen LogP contribution in [0.4, 0.5) is 0 Å². The summed E-state index contributed by atoms with van der Waals surface area (Å²) in [5, 5.41) is 16.8. The number of hydrogen-bond donors (Lipinski definition) is 3. The molecule has 1 unspecified atom stereocenters. The Labute approximate surface area is 205 Å². The van der Waals surface area contributed by atoms with E-state index >= 15 is 0 Å². The molecule has 1 atom stereocenters. The molecule has 3 heterocycles. The SMILES string of the molecule is CCC(c1cc(C(=O)NCCc2c(C)cc(C)[nH]c2=O)cs1)C1CCN(/C(=N\C#N)NC)CC1. The highest BCUT2D eigenvalue weighted by Gasteiger charge is 2.29. The van der Waals surface area contributed by atoms with E-state index in [1.807, 2.05) is 37.6 Å². The molecule has 1 saturated heterocycles. The number of nitriles is 1. The molecule has 2 aromatic rings. The number of H-pyrrole nitrogens is 1. The Morgan fingerprint density at radius 3 is 2.71 bits per heavy atom. The van der Waals surface area contributed by atoms with E-state index in [1.165, 1.54) is 4.88 Å². The Balaban J connectivity index is 1.57. The van der Waals surface area contributed by atoms with Gasteiger partial charge in [-0.05, 0) is 69.1 Å². The molecule has 182 valence electrons. The number of piperidine rings is 1. The third kappa shape index (κ3) is 6.06. The average Bonchev–Trinajstić information content (AvgIpc) is 3.30. The maximum absolute atomic E-state index is 12.7. The van der Waals surface area contributed by atoms with Gasteiger partial charge in [-0.25, -0.2) is 0 Å². The number of rotatable bonds is 7. The lowest BCUT2D eigenvalue weighted by molar-refractivity contribution is 0.0954. The van der Waals surface area contributed by atoms with Gasteiger partial charge in [0.25, 0.3) is 11.5 Å². The molecule has 3 N–H and O–H groups in total. The van der Waals surface area contributed by atoms with E-state index in [2.05, 4.69) is 32.4 Å². The van der Waals surface area contributed by atoms with Crippen LogP contribution in [0.3, 0.4) is 0 Å². The van der Waals surface area contributed by atoms with Crippen molar-refractivity contribution in [3.8, 4) is 6.19 Å². The Bertz CT molecular complexity index is 1120. The van der Waals surface area contributed by atoms with Gasteiger partial charge in [-0.2, -0.15) is 5.26 Å². The van der Waals surface area contributed by atoms with E-state index in [4.69, 9.17) is 5.26 Å². The number of likely N-dealkylation sites (tertiary alicyclic amines) is 1. The van der Waals surface area contributed by atoms with Crippen LogP contribution in [0.15, 0.2) is 27.3 Å². The number of hydrogen-bond acceptors (Lipinski definition) is 5. The molecule has 0 spiro atoms. The number of aromatic nitrogens is 1. The van der Waals surface area contributed by atoms with Gasteiger partial charge in [0.2, 0.25) is 12.2 Å². The second kappa shape index (κ2) is 11.8. The molecule has 0 aromatic carbocycles. The Kier molecular flexibility index (Phi) is 8.88. The number of carbonyl (C=O) groups is 1. The van der Waals surface area contributed by atoms with Gasteiger partial charge in [-0.15, -0.1) is 16.3 Å². The second-order valence-corrected chi connectivity index (χ2v) is 9.75. The van der Waals surface area contributed by atoms with Crippen molar-refractivity contribution in [3.63, 3.8) is 0 Å². The predicted octanol–water partition coefficient (Wildman–Crippen LogP) is 3.29. The number of aryl methyl sites for hydroxylation is 2. The summed E-state index contributed by atoms with van der Waals surface area (Å²) in [5.41, 5.74) is 3.11. The van der Waals surface area contributed by atoms with E-state index in [1.54, 1.807) is 18.4 Å². The zero-order valence-electron chi connectivity index (χ0n) is 20.4. The topological polar surface area (TPSA) is 113 Å². The molecule has 0 aliphatic carbocycles. The molecule has 3 rings (SSSR count). The first-order valence-electron chi connectivity index (χ1n) is 11.8. The minimum Gasteiger partial charge on any atom is -0.358 e. The lowest BCUT2D eigenvalue weighted by Crippen LogP contribution is -2.44. The summed E-state index contributed by atoms with van der Waals surface area (Å²) in [6.07, 6.45) is 5.43. The molecule has 34 heavy (non-hydrogen) atoms. The molecule has 9 heteroatoms. The zero-order chi connectivity index (χ0) is 24.7. The van der Waals surface area contributed by atoms with E-state index < -0.39 is 0 Å². The van der Waals surface area contributed by atoms with Gasteiger partial charge in [-0.3, -0.25) is 9.59 Å². The molecular weight excluding hydrogens is 448 g/mol. The van der Waals surface area contributed by atoms with Gasteiger partial charge >= 0.3 is 0 Å². The molecule has 1 aliphatic heterocycles. The maximum atomic E-state index is 12.7. The summed E-state index contributed by atoms with van der Waals surface area (Å²) in [5.74, 6) is 1.48. The van der Waals surface area contributed by atoms with E-state index in [-0.39, 0.29) is 11.5 Å². The summed E-state index contributed by atoms with van der Waals surface area (Å²) in [6, 6.07) is 3.98. The maximum Gasteiger partial charge on any atom is 0.252 e. The van der Waals surface area contributed by atoms with E-state index in [0.29, 0.717) is 36.3 Å². The smallest absolute Gasteiger partial charge is 0.252 e. The first-order chi connectivity index (χ1) is 16.4. The summed E-state index contributed by atoms with van der Waals surface area (Å²) in [7, 11) is 1.79. The Morgan fingerprint density at radius 2 is 2.09 bits per heavy atom. The minimum absolute atomic E-state index is 0.0814. The first-order valence-corrected chi connectivity index (χ1v) is 12.7. The number of aromatic amines is 1. The van der Waals surface area contributed by atoms with Gasteiger partial charge < -0.3 is 20.5 Å². The molecule has 0 radical (unpaired) electrons. The van der Waals surface area contributed by atoms with Gasteiger partial charge in [0.05, 0.1) is 5.56 Å². The number of nitrogens with zero attached hydrogens (tertiary/aromatic N) is 3. The fourth-order valence-electron chi connectivity index (χ4n) is 4.87. The largest absolute Gasteiger partial charge is 0.358 e. The van der Waals surface area contributed by atoms with Gasteiger partial charge in [0.1, 0.15) is 0 Å². The second-order valence-electron chi connectivity index (χ2n) is 8.81. The molecule has 2 aromatic heterocycles. The number of guanidine groups is 1. The summed E-state index contributed by atoms with van der Waals surface area (Å²) in [6.45, 7) is 8.13. The molecular formula is C25H34N6O2S. The highest BCUT2D eigenvalue weighted by atomic mass is 32.1.